The third-order valence-electron chi connectivity index (χ3n) is 5.23. The Kier molecular flexibility index (Phi) is 7.94. The third-order valence-corrected chi connectivity index (χ3v) is 5.23. The second-order valence-electron chi connectivity index (χ2n) is 7.84. The van der Waals surface area contributed by atoms with E-state index < -0.39 is 48.5 Å². The molecule has 0 fully saturated rings. The van der Waals surface area contributed by atoms with Gasteiger partial charge in [-0.1, -0.05) is 25.1 Å². The van der Waals surface area contributed by atoms with Gasteiger partial charge in [0.2, 0.25) is 0 Å². The van der Waals surface area contributed by atoms with E-state index in [4.69, 9.17) is 4.74 Å². The number of nitrogens with zero attached hydrogens (tertiary/aromatic N) is 1. The number of aliphatic hydroxyl groups is 1. The maximum absolute atomic E-state index is 14.3. The lowest BCUT2D eigenvalue weighted by Gasteiger charge is -2.29. The molecule has 3 rings (SSSR count). The van der Waals surface area contributed by atoms with E-state index in [0.29, 0.717) is 23.9 Å². The molecule has 0 aliphatic carbocycles. The SMILES string of the molecule is CCc1cccc(Oc2cccc(N(Cc3cc(C(F)(F)F)ccc3F)CC(O)C(F)(F)F)c2)c1. The average molecular weight is 501 g/mol. The van der Waals surface area contributed by atoms with Gasteiger partial charge in [0.05, 0.1) is 12.1 Å². The van der Waals surface area contributed by atoms with E-state index in [0.717, 1.165) is 16.9 Å². The molecule has 188 valence electrons. The quantitative estimate of drug-likeness (QED) is 0.334. The van der Waals surface area contributed by atoms with Gasteiger partial charge in [-0.15, -0.1) is 0 Å². The number of aryl methyl sites for hydroxylation is 1. The van der Waals surface area contributed by atoms with E-state index in [-0.39, 0.29) is 11.4 Å². The minimum Gasteiger partial charge on any atom is -0.457 e. The van der Waals surface area contributed by atoms with Crippen molar-refractivity contribution in [3.05, 3.63) is 89.2 Å². The van der Waals surface area contributed by atoms with Gasteiger partial charge in [-0.05, 0) is 54.4 Å². The molecule has 35 heavy (non-hydrogen) atoms. The summed E-state index contributed by atoms with van der Waals surface area (Å²) in [7, 11) is 0. The first-order valence-corrected chi connectivity index (χ1v) is 10.6. The summed E-state index contributed by atoms with van der Waals surface area (Å²) in [6.07, 6.45) is -11.8. The van der Waals surface area contributed by atoms with E-state index >= 15 is 0 Å². The van der Waals surface area contributed by atoms with Crippen molar-refractivity contribution < 1.29 is 40.6 Å². The van der Waals surface area contributed by atoms with Crippen LogP contribution in [0.4, 0.5) is 36.4 Å². The van der Waals surface area contributed by atoms with Gasteiger partial charge in [-0.25, -0.2) is 4.39 Å². The van der Waals surface area contributed by atoms with Crippen molar-refractivity contribution in [2.45, 2.75) is 38.3 Å². The van der Waals surface area contributed by atoms with Gasteiger partial charge in [-0.3, -0.25) is 0 Å². The summed E-state index contributed by atoms with van der Waals surface area (Å²) in [5, 5.41) is 9.64. The molecule has 3 aromatic carbocycles. The van der Waals surface area contributed by atoms with Crippen LogP contribution >= 0.6 is 0 Å². The summed E-state index contributed by atoms with van der Waals surface area (Å²) in [4.78, 5) is 0.950. The fourth-order valence-corrected chi connectivity index (χ4v) is 3.36. The second-order valence-corrected chi connectivity index (χ2v) is 7.84. The van der Waals surface area contributed by atoms with Gasteiger partial charge >= 0.3 is 12.4 Å². The highest BCUT2D eigenvalue weighted by Gasteiger charge is 2.39. The van der Waals surface area contributed by atoms with Crippen molar-refractivity contribution in [2.75, 3.05) is 11.4 Å². The normalized spacial score (nSPS) is 12.9. The molecule has 0 saturated heterocycles. The number of ether oxygens (including phenoxy) is 1. The standard InChI is InChI=1S/C25H22F7NO2/c1-2-16-5-3-7-20(11-16)35-21-8-4-6-19(13-21)33(15-23(34)25(30,31)32)14-17-12-18(24(27,28)29)9-10-22(17)26/h3-13,23,34H,2,14-15H2,1H3. The smallest absolute Gasteiger partial charge is 0.416 e. The highest BCUT2D eigenvalue weighted by Crippen LogP contribution is 2.33. The Bertz CT molecular complexity index is 1150. The zero-order valence-corrected chi connectivity index (χ0v) is 18.5. The fourth-order valence-electron chi connectivity index (χ4n) is 3.36. The molecule has 0 aliphatic heterocycles. The number of hydrogen-bond donors (Lipinski definition) is 1. The van der Waals surface area contributed by atoms with Crippen molar-refractivity contribution >= 4 is 5.69 Å². The van der Waals surface area contributed by atoms with E-state index in [1.807, 2.05) is 13.0 Å². The monoisotopic (exact) mass is 501 g/mol. The minimum atomic E-state index is -4.99. The van der Waals surface area contributed by atoms with Crippen LogP contribution in [0.15, 0.2) is 66.7 Å². The van der Waals surface area contributed by atoms with Crippen LogP contribution in [0.25, 0.3) is 0 Å². The predicted molar refractivity (Wildman–Crippen MR) is 117 cm³/mol. The highest BCUT2D eigenvalue weighted by molar-refractivity contribution is 5.52. The molecule has 0 aromatic heterocycles. The molecule has 1 N–H and O–H groups in total. The Hall–Kier alpha value is -3.27. The zero-order chi connectivity index (χ0) is 25.8. The summed E-state index contributed by atoms with van der Waals surface area (Å²) in [5.74, 6) is -0.299. The van der Waals surface area contributed by atoms with Crippen molar-refractivity contribution in [3.8, 4) is 11.5 Å². The third kappa shape index (κ3) is 7.11. The lowest BCUT2D eigenvalue weighted by molar-refractivity contribution is -0.200. The van der Waals surface area contributed by atoms with Gasteiger partial charge in [0.1, 0.15) is 17.3 Å². The fraction of sp³-hybridized carbons (Fsp3) is 0.280. The summed E-state index contributed by atoms with van der Waals surface area (Å²) in [6.45, 7) is 0.266. The number of halogens is 7. The number of anilines is 1. The van der Waals surface area contributed by atoms with Gasteiger partial charge < -0.3 is 14.7 Å². The Morgan fingerprint density at radius 1 is 0.886 bits per heavy atom. The second kappa shape index (κ2) is 10.6. The number of benzene rings is 3. The molecule has 0 bridgehead atoms. The maximum atomic E-state index is 14.3. The van der Waals surface area contributed by atoms with Crippen LogP contribution in [0.3, 0.4) is 0 Å². The van der Waals surface area contributed by atoms with Gasteiger partial charge in [0, 0.05) is 23.9 Å². The molecule has 0 radical (unpaired) electrons. The van der Waals surface area contributed by atoms with Crippen LogP contribution < -0.4 is 9.64 Å². The molecule has 10 heteroatoms. The molecule has 3 nitrogen and oxygen atoms in total. The van der Waals surface area contributed by atoms with Crippen LogP contribution in [-0.2, 0) is 19.1 Å². The first-order chi connectivity index (χ1) is 16.4. The molecule has 1 unspecified atom stereocenters. The average Bonchev–Trinajstić information content (AvgIpc) is 2.78. The van der Waals surface area contributed by atoms with Crippen molar-refractivity contribution in [2.24, 2.45) is 0 Å². The molecule has 0 heterocycles. The number of hydrogen-bond acceptors (Lipinski definition) is 3. The van der Waals surface area contributed by atoms with Gasteiger partial charge in [0.25, 0.3) is 0 Å². The van der Waals surface area contributed by atoms with Crippen LogP contribution in [0.2, 0.25) is 0 Å². The van der Waals surface area contributed by atoms with Gasteiger partial charge in [-0.2, -0.15) is 26.3 Å². The van der Waals surface area contributed by atoms with Crippen LogP contribution in [-0.4, -0.2) is 23.9 Å². The van der Waals surface area contributed by atoms with Crippen LogP contribution in [0.5, 0.6) is 11.5 Å². The van der Waals surface area contributed by atoms with E-state index in [9.17, 15) is 35.8 Å². The Labute approximate surface area is 197 Å². The number of aliphatic hydroxyl groups excluding tert-OH is 1. The van der Waals surface area contributed by atoms with Crippen molar-refractivity contribution in [1.29, 1.82) is 0 Å². The molecule has 3 aromatic rings. The summed E-state index contributed by atoms with van der Waals surface area (Å²) >= 11 is 0. The topological polar surface area (TPSA) is 32.7 Å². The highest BCUT2D eigenvalue weighted by atomic mass is 19.4. The van der Waals surface area contributed by atoms with Gasteiger partial charge in [0.15, 0.2) is 6.10 Å². The minimum absolute atomic E-state index is 0.0919. The maximum Gasteiger partial charge on any atom is 0.416 e. The largest absolute Gasteiger partial charge is 0.457 e. The lowest BCUT2D eigenvalue weighted by atomic mass is 10.1. The molecule has 0 amide bonds. The molecular formula is C25H22F7NO2. The zero-order valence-electron chi connectivity index (χ0n) is 18.5. The Morgan fingerprint density at radius 3 is 2.17 bits per heavy atom. The molecule has 0 saturated carbocycles. The van der Waals surface area contributed by atoms with E-state index in [1.54, 1.807) is 24.3 Å². The number of alkyl halides is 6. The molecule has 0 spiro atoms. The lowest BCUT2D eigenvalue weighted by Crippen LogP contribution is -2.41. The molecule has 1 atom stereocenters. The van der Waals surface area contributed by atoms with Crippen molar-refractivity contribution in [3.63, 3.8) is 0 Å². The first-order valence-electron chi connectivity index (χ1n) is 10.6. The van der Waals surface area contributed by atoms with E-state index in [2.05, 4.69) is 0 Å². The summed E-state index contributed by atoms with van der Waals surface area (Å²) in [6, 6.07) is 14.6. The predicted octanol–water partition coefficient (Wildman–Crippen LogP) is 7.13. The Morgan fingerprint density at radius 2 is 1.54 bits per heavy atom. The number of rotatable bonds is 8. The van der Waals surface area contributed by atoms with E-state index in [1.165, 1.54) is 18.2 Å². The summed E-state index contributed by atoms with van der Waals surface area (Å²) in [5.41, 5.74) is -0.530. The molecule has 0 aliphatic rings. The summed E-state index contributed by atoms with van der Waals surface area (Å²) < 4.78 is 98.7. The first kappa shape index (κ1) is 26.3. The van der Waals surface area contributed by atoms with Crippen LogP contribution in [0.1, 0.15) is 23.6 Å². The van der Waals surface area contributed by atoms with Crippen LogP contribution in [0, 0.1) is 5.82 Å². The molecular weight excluding hydrogens is 479 g/mol. The van der Waals surface area contributed by atoms with Crippen molar-refractivity contribution in [1.82, 2.24) is 0 Å². The Balaban J connectivity index is 1.95.